The predicted octanol–water partition coefficient (Wildman–Crippen LogP) is 3.22. The van der Waals surface area contributed by atoms with Crippen LogP contribution in [0.4, 0.5) is 5.69 Å². The number of nitrogens with zero attached hydrogens (tertiary/aromatic N) is 1. The molecule has 0 bridgehead atoms. The van der Waals surface area contributed by atoms with Gasteiger partial charge in [-0.05, 0) is 30.9 Å². The molecule has 130 valence electrons. The van der Waals surface area contributed by atoms with E-state index in [0.717, 1.165) is 49.3 Å². The minimum Gasteiger partial charge on any atom is -0.466 e. The first kappa shape index (κ1) is 15.2. The van der Waals surface area contributed by atoms with E-state index in [1.165, 1.54) is 12.7 Å². The van der Waals surface area contributed by atoms with E-state index in [2.05, 4.69) is 53.6 Å². The van der Waals surface area contributed by atoms with Gasteiger partial charge in [0.2, 0.25) is 0 Å². The van der Waals surface area contributed by atoms with Gasteiger partial charge in [-0.25, -0.2) is 4.79 Å². The van der Waals surface area contributed by atoms with Crippen LogP contribution in [0.15, 0.2) is 47.7 Å². The fraction of sp³-hybridized carbons (Fsp3) is 0.476. The van der Waals surface area contributed by atoms with Gasteiger partial charge in [0.15, 0.2) is 0 Å². The van der Waals surface area contributed by atoms with Gasteiger partial charge in [0.1, 0.15) is 0 Å². The molecule has 1 N–H and O–H groups in total. The fourth-order valence-electron chi connectivity index (χ4n) is 6.02. The van der Waals surface area contributed by atoms with Crippen molar-refractivity contribution in [3.8, 4) is 0 Å². The van der Waals surface area contributed by atoms with Gasteiger partial charge in [0, 0.05) is 35.9 Å². The summed E-state index contributed by atoms with van der Waals surface area (Å²) in [4.78, 5) is 15.3. The smallest absolute Gasteiger partial charge is 0.335 e. The van der Waals surface area contributed by atoms with Crippen molar-refractivity contribution in [2.75, 3.05) is 25.5 Å². The average Bonchev–Trinajstić information content (AvgIpc) is 3.21. The van der Waals surface area contributed by atoms with Crippen LogP contribution in [-0.2, 0) is 14.9 Å². The highest BCUT2D eigenvalue weighted by atomic mass is 16.5. The number of anilines is 1. The maximum absolute atomic E-state index is 12.7. The lowest BCUT2D eigenvalue weighted by molar-refractivity contribution is -0.137. The van der Waals surface area contributed by atoms with E-state index in [9.17, 15) is 4.79 Å². The number of esters is 1. The van der Waals surface area contributed by atoms with Crippen molar-refractivity contribution in [3.05, 3.63) is 53.3 Å². The first-order valence-electron chi connectivity index (χ1n) is 9.26. The zero-order valence-electron chi connectivity index (χ0n) is 14.8. The first-order valence-corrected chi connectivity index (χ1v) is 9.26. The molecule has 0 saturated carbocycles. The largest absolute Gasteiger partial charge is 0.466 e. The molecule has 4 nitrogen and oxygen atoms in total. The van der Waals surface area contributed by atoms with Crippen molar-refractivity contribution in [2.24, 2.45) is 5.41 Å². The Balaban J connectivity index is 1.83. The molecule has 3 aliphatic heterocycles. The van der Waals surface area contributed by atoms with Crippen LogP contribution in [0.1, 0.15) is 31.7 Å². The van der Waals surface area contributed by atoms with Crippen LogP contribution in [0.25, 0.3) is 0 Å². The first-order chi connectivity index (χ1) is 12.2. The second kappa shape index (κ2) is 4.98. The molecule has 1 aromatic rings. The van der Waals surface area contributed by atoms with Crippen molar-refractivity contribution in [1.29, 1.82) is 0 Å². The molecule has 1 spiro atoms. The molecule has 0 unspecified atom stereocenters. The van der Waals surface area contributed by atoms with E-state index >= 15 is 0 Å². The van der Waals surface area contributed by atoms with Crippen molar-refractivity contribution in [3.63, 3.8) is 0 Å². The number of hydrogen-bond donors (Lipinski definition) is 1. The van der Waals surface area contributed by atoms with Gasteiger partial charge < -0.3 is 10.1 Å². The van der Waals surface area contributed by atoms with Gasteiger partial charge >= 0.3 is 5.97 Å². The molecule has 25 heavy (non-hydrogen) atoms. The number of carbonyl (C=O) groups excluding carboxylic acids is 1. The van der Waals surface area contributed by atoms with Crippen LogP contribution < -0.4 is 5.32 Å². The summed E-state index contributed by atoms with van der Waals surface area (Å²) in [6, 6.07) is 8.99. The Bertz CT molecular complexity index is 827. The second-order valence-corrected chi connectivity index (χ2v) is 7.80. The molecule has 4 aliphatic rings. The summed E-state index contributed by atoms with van der Waals surface area (Å²) < 4.78 is 5.19. The van der Waals surface area contributed by atoms with Gasteiger partial charge in [0.25, 0.3) is 0 Å². The number of hydrogen-bond acceptors (Lipinski definition) is 4. The van der Waals surface area contributed by atoms with Crippen LogP contribution >= 0.6 is 0 Å². The molecule has 0 amide bonds. The molecule has 1 fully saturated rings. The minimum absolute atomic E-state index is 0.000898. The quantitative estimate of drug-likeness (QED) is 0.665. The summed E-state index contributed by atoms with van der Waals surface area (Å²) in [7, 11) is 1.49. The maximum atomic E-state index is 12.7. The normalized spacial score (nSPS) is 35.0. The molecule has 1 saturated heterocycles. The van der Waals surface area contributed by atoms with E-state index in [4.69, 9.17) is 4.74 Å². The molecule has 3 atom stereocenters. The third-order valence-corrected chi connectivity index (χ3v) is 6.97. The summed E-state index contributed by atoms with van der Waals surface area (Å²) in [5.74, 6) is -0.182. The SMILES string of the molecule is CC[C@@]12C=CCN3CC[C@@]4(C(=C(C(=O)OC)C1)Nc1ccccc14)[C@@H]32. The van der Waals surface area contributed by atoms with E-state index in [1.807, 2.05) is 0 Å². The van der Waals surface area contributed by atoms with Crippen LogP contribution in [-0.4, -0.2) is 37.1 Å². The van der Waals surface area contributed by atoms with Crippen molar-refractivity contribution in [2.45, 2.75) is 37.6 Å². The molecule has 4 heteroatoms. The van der Waals surface area contributed by atoms with Gasteiger partial charge in [0.05, 0.1) is 18.1 Å². The second-order valence-electron chi connectivity index (χ2n) is 7.80. The van der Waals surface area contributed by atoms with Crippen LogP contribution in [0, 0.1) is 5.41 Å². The van der Waals surface area contributed by atoms with Crippen LogP contribution in [0.2, 0.25) is 0 Å². The van der Waals surface area contributed by atoms with E-state index < -0.39 is 0 Å². The van der Waals surface area contributed by atoms with E-state index in [1.54, 1.807) is 0 Å². The Labute approximate surface area is 148 Å². The summed E-state index contributed by atoms with van der Waals surface area (Å²) in [6.45, 7) is 4.34. The molecule has 1 aliphatic carbocycles. The highest BCUT2D eigenvalue weighted by molar-refractivity contribution is 5.93. The monoisotopic (exact) mass is 336 g/mol. The van der Waals surface area contributed by atoms with Crippen LogP contribution in [0.5, 0.6) is 0 Å². The molecular formula is C21H24N2O2. The molecule has 5 rings (SSSR count). The van der Waals surface area contributed by atoms with Gasteiger partial charge in [-0.3, -0.25) is 4.90 Å². The van der Waals surface area contributed by atoms with Gasteiger partial charge in [-0.1, -0.05) is 37.3 Å². The Morgan fingerprint density at radius 3 is 3.04 bits per heavy atom. The molecule has 3 heterocycles. The number of carbonyl (C=O) groups is 1. The van der Waals surface area contributed by atoms with Gasteiger partial charge in [-0.15, -0.1) is 0 Å². The Kier molecular flexibility index (Phi) is 3.03. The number of rotatable bonds is 2. The van der Waals surface area contributed by atoms with Crippen molar-refractivity contribution >= 4 is 11.7 Å². The number of para-hydroxylation sites is 1. The number of nitrogens with one attached hydrogen (secondary N) is 1. The lowest BCUT2D eigenvalue weighted by Crippen LogP contribution is -2.58. The molecular weight excluding hydrogens is 312 g/mol. The highest BCUT2D eigenvalue weighted by Gasteiger charge is 2.65. The maximum Gasteiger partial charge on any atom is 0.335 e. The van der Waals surface area contributed by atoms with Crippen molar-refractivity contribution < 1.29 is 9.53 Å². The zero-order valence-corrected chi connectivity index (χ0v) is 14.8. The third-order valence-electron chi connectivity index (χ3n) is 6.97. The predicted molar refractivity (Wildman–Crippen MR) is 97.2 cm³/mol. The Morgan fingerprint density at radius 2 is 2.24 bits per heavy atom. The molecule has 1 aromatic carbocycles. The number of ether oxygens (including phenoxy) is 1. The topological polar surface area (TPSA) is 41.6 Å². The number of methoxy groups -OCH3 is 1. The number of fused-ring (bicyclic) bond motifs is 1. The Hall–Kier alpha value is -2.07. The Morgan fingerprint density at radius 1 is 1.40 bits per heavy atom. The molecule has 0 aromatic heterocycles. The fourth-order valence-corrected chi connectivity index (χ4v) is 6.02. The number of benzene rings is 1. The lowest BCUT2D eigenvalue weighted by atomic mass is 9.55. The summed E-state index contributed by atoms with van der Waals surface area (Å²) in [5.41, 5.74) is 4.34. The summed E-state index contributed by atoms with van der Waals surface area (Å²) >= 11 is 0. The molecule has 0 radical (unpaired) electrons. The van der Waals surface area contributed by atoms with Gasteiger partial charge in [-0.2, -0.15) is 0 Å². The third kappa shape index (κ3) is 1.68. The average molecular weight is 336 g/mol. The van der Waals surface area contributed by atoms with E-state index in [-0.39, 0.29) is 16.8 Å². The lowest BCUT2D eigenvalue weighted by Gasteiger charge is -2.53. The standard InChI is InChI=1S/C21H24N2O2/c1-3-20-9-6-11-23-12-10-21(19(20)23)15-7-4-5-8-16(15)22-17(21)14(13-20)18(24)25-2/h4-9,19,22H,3,10-13H2,1-2H3/t19-,20+,21+/m0/s1. The highest BCUT2D eigenvalue weighted by Crippen LogP contribution is 2.64. The van der Waals surface area contributed by atoms with Crippen LogP contribution in [0.3, 0.4) is 0 Å². The summed E-state index contributed by atoms with van der Waals surface area (Å²) in [6.07, 6.45) is 7.53. The summed E-state index contributed by atoms with van der Waals surface area (Å²) in [5, 5.41) is 3.62. The van der Waals surface area contributed by atoms with Crippen molar-refractivity contribution in [1.82, 2.24) is 4.90 Å². The zero-order chi connectivity index (χ0) is 17.2. The minimum atomic E-state index is -0.182. The van der Waals surface area contributed by atoms with E-state index in [0.29, 0.717) is 6.04 Å².